The Hall–Kier alpha value is -2.87. The summed E-state index contributed by atoms with van der Waals surface area (Å²) in [6, 6.07) is 11.0. The number of hydrogen-bond acceptors (Lipinski definition) is 5. The molecule has 1 aromatic carbocycles. The molecule has 0 unspecified atom stereocenters. The van der Waals surface area contributed by atoms with Crippen LogP contribution in [0.3, 0.4) is 0 Å². The number of carbonyl (C=O) groups is 3. The lowest BCUT2D eigenvalue weighted by Crippen LogP contribution is -2.52. The van der Waals surface area contributed by atoms with Crippen LogP contribution in [-0.2, 0) is 9.59 Å². The number of nitrogens with zero attached hydrogens (tertiary/aromatic N) is 2. The van der Waals surface area contributed by atoms with Gasteiger partial charge in [0.25, 0.3) is 11.8 Å². The van der Waals surface area contributed by atoms with Gasteiger partial charge in [0.05, 0.1) is 17.1 Å². The second kappa shape index (κ2) is 8.24. The maximum Gasteiger partial charge on any atom is 0.263 e. The number of para-hydroxylation sites is 2. The predicted molar refractivity (Wildman–Crippen MR) is 110 cm³/mol. The van der Waals surface area contributed by atoms with E-state index in [1.165, 1.54) is 11.3 Å². The highest BCUT2D eigenvalue weighted by Gasteiger charge is 2.37. The summed E-state index contributed by atoms with van der Waals surface area (Å²) in [6.45, 7) is 1.29. The first-order valence-electron chi connectivity index (χ1n) is 9.70. The van der Waals surface area contributed by atoms with Crippen molar-refractivity contribution in [3.63, 3.8) is 0 Å². The van der Waals surface area contributed by atoms with Crippen LogP contribution in [0.1, 0.15) is 22.5 Å². The molecule has 152 valence electrons. The molecule has 8 heteroatoms. The number of nitrogens with one attached hydrogen (secondary N) is 1. The average Bonchev–Trinajstić information content (AvgIpc) is 3.32. The van der Waals surface area contributed by atoms with Crippen LogP contribution < -0.4 is 15.0 Å². The Morgan fingerprint density at radius 2 is 1.86 bits per heavy atom. The molecule has 1 fully saturated rings. The summed E-state index contributed by atoms with van der Waals surface area (Å²) in [6.07, 6.45) is 0.486. The van der Waals surface area contributed by atoms with E-state index >= 15 is 0 Å². The molecule has 3 amide bonds. The lowest BCUT2D eigenvalue weighted by atomic mass is 9.94. The minimum Gasteiger partial charge on any atom is -0.477 e. The van der Waals surface area contributed by atoms with E-state index in [9.17, 15) is 14.4 Å². The van der Waals surface area contributed by atoms with Crippen molar-refractivity contribution in [2.45, 2.75) is 18.9 Å². The van der Waals surface area contributed by atoms with E-state index in [0.717, 1.165) is 4.88 Å². The second-order valence-corrected chi connectivity index (χ2v) is 8.13. The SMILES string of the molecule is CNC(=O)[C@@H]1CN(C(=O)C2CCN(C(=O)c3cccs3)CC2)c2ccccc2O1. The number of fused-ring (bicyclic) bond motifs is 1. The zero-order chi connectivity index (χ0) is 20.4. The van der Waals surface area contributed by atoms with Gasteiger partial charge < -0.3 is 19.9 Å². The first-order valence-corrected chi connectivity index (χ1v) is 10.6. The van der Waals surface area contributed by atoms with Crippen molar-refractivity contribution in [3.8, 4) is 5.75 Å². The maximum absolute atomic E-state index is 13.3. The van der Waals surface area contributed by atoms with E-state index in [4.69, 9.17) is 4.74 Å². The Bertz CT molecular complexity index is 906. The van der Waals surface area contributed by atoms with Crippen LogP contribution in [0.25, 0.3) is 0 Å². The van der Waals surface area contributed by atoms with Crippen LogP contribution >= 0.6 is 11.3 Å². The molecule has 0 spiro atoms. The van der Waals surface area contributed by atoms with Crippen LogP contribution in [0.5, 0.6) is 5.75 Å². The van der Waals surface area contributed by atoms with Crippen LogP contribution in [0.15, 0.2) is 41.8 Å². The van der Waals surface area contributed by atoms with Crippen molar-refractivity contribution in [3.05, 3.63) is 46.7 Å². The van der Waals surface area contributed by atoms with Gasteiger partial charge in [-0.05, 0) is 36.4 Å². The van der Waals surface area contributed by atoms with Gasteiger partial charge in [-0.15, -0.1) is 11.3 Å². The molecule has 1 N–H and O–H groups in total. The van der Waals surface area contributed by atoms with E-state index in [0.29, 0.717) is 37.4 Å². The lowest BCUT2D eigenvalue weighted by Gasteiger charge is -2.38. The Morgan fingerprint density at radius 3 is 2.55 bits per heavy atom. The highest BCUT2D eigenvalue weighted by atomic mass is 32.1. The fourth-order valence-corrected chi connectivity index (χ4v) is 4.54. The second-order valence-electron chi connectivity index (χ2n) is 7.18. The summed E-state index contributed by atoms with van der Waals surface area (Å²) in [4.78, 5) is 42.2. The third kappa shape index (κ3) is 3.85. The fourth-order valence-electron chi connectivity index (χ4n) is 3.85. The Labute approximate surface area is 173 Å². The molecule has 1 saturated heterocycles. The van der Waals surface area contributed by atoms with Gasteiger partial charge in [0.2, 0.25) is 5.91 Å². The number of benzene rings is 1. The first kappa shape index (κ1) is 19.4. The van der Waals surface area contributed by atoms with Gasteiger partial charge in [-0.1, -0.05) is 18.2 Å². The van der Waals surface area contributed by atoms with Gasteiger partial charge in [-0.25, -0.2) is 0 Å². The van der Waals surface area contributed by atoms with Crippen molar-refractivity contribution in [2.75, 3.05) is 31.6 Å². The van der Waals surface area contributed by atoms with Crippen molar-refractivity contribution in [1.29, 1.82) is 0 Å². The Kier molecular flexibility index (Phi) is 5.53. The third-order valence-electron chi connectivity index (χ3n) is 5.44. The lowest BCUT2D eigenvalue weighted by molar-refractivity contribution is -0.128. The molecule has 0 radical (unpaired) electrons. The van der Waals surface area contributed by atoms with Crippen molar-refractivity contribution in [1.82, 2.24) is 10.2 Å². The average molecular weight is 413 g/mol. The van der Waals surface area contributed by atoms with Crippen molar-refractivity contribution in [2.24, 2.45) is 5.92 Å². The molecule has 2 aromatic rings. The van der Waals surface area contributed by atoms with Crippen LogP contribution in [0.4, 0.5) is 5.69 Å². The number of thiophene rings is 1. The fraction of sp³-hybridized carbons (Fsp3) is 0.381. The largest absolute Gasteiger partial charge is 0.477 e. The van der Waals surface area contributed by atoms with E-state index < -0.39 is 6.10 Å². The van der Waals surface area contributed by atoms with Crippen molar-refractivity contribution < 1.29 is 19.1 Å². The highest BCUT2D eigenvalue weighted by Crippen LogP contribution is 2.35. The molecule has 29 heavy (non-hydrogen) atoms. The molecular weight excluding hydrogens is 390 g/mol. The number of likely N-dealkylation sites (N-methyl/N-ethyl adjacent to an activating group) is 1. The highest BCUT2D eigenvalue weighted by molar-refractivity contribution is 7.12. The van der Waals surface area contributed by atoms with Crippen LogP contribution in [-0.4, -0.2) is 55.4 Å². The molecule has 1 atom stereocenters. The van der Waals surface area contributed by atoms with E-state index in [2.05, 4.69) is 5.32 Å². The molecule has 2 aliphatic heterocycles. The van der Waals surface area contributed by atoms with Gasteiger partial charge in [-0.2, -0.15) is 0 Å². The van der Waals surface area contributed by atoms with Crippen LogP contribution in [0, 0.1) is 5.92 Å². The summed E-state index contributed by atoms with van der Waals surface area (Å²) in [5.41, 5.74) is 0.690. The molecule has 7 nitrogen and oxygen atoms in total. The molecular formula is C21H23N3O4S. The number of carbonyl (C=O) groups excluding carboxylic acids is 3. The Balaban J connectivity index is 1.46. The summed E-state index contributed by atoms with van der Waals surface area (Å²) in [5, 5.41) is 4.48. The van der Waals surface area contributed by atoms with E-state index in [1.54, 1.807) is 18.0 Å². The first-order chi connectivity index (χ1) is 14.1. The third-order valence-corrected chi connectivity index (χ3v) is 6.30. The zero-order valence-corrected chi connectivity index (χ0v) is 17.0. The number of likely N-dealkylation sites (tertiary alicyclic amines) is 1. The van der Waals surface area contributed by atoms with Crippen molar-refractivity contribution >= 4 is 34.7 Å². The topological polar surface area (TPSA) is 79.0 Å². The van der Waals surface area contributed by atoms with Gasteiger partial charge in [0, 0.05) is 26.1 Å². The number of anilines is 1. The van der Waals surface area contributed by atoms with Crippen LogP contribution in [0.2, 0.25) is 0 Å². The predicted octanol–water partition coefficient (Wildman–Crippen LogP) is 2.14. The minimum absolute atomic E-state index is 0.0159. The summed E-state index contributed by atoms with van der Waals surface area (Å²) < 4.78 is 5.78. The molecule has 4 rings (SSSR count). The normalized spacial score (nSPS) is 19.3. The quantitative estimate of drug-likeness (QED) is 0.836. The summed E-state index contributed by atoms with van der Waals surface area (Å²) in [7, 11) is 1.55. The molecule has 3 heterocycles. The number of hydrogen-bond donors (Lipinski definition) is 1. The van der Waals surface area contributed by atoms with Gasteiger partial charge >= 0.3 is 0 Å². The number of amides is 3. The van der Waals surface area contributed by atoms with Gasteiger partial charge in [0.15, 0.2) is 6.10 Å². The summed E-state index contributed by atoms with van der Waals surface area (Å²) in [5.74, 6) is 0.110. The maximum atomic E-state index is 13.3. The number of rotatable bonds is 3. The minimum atomic E-state index is -0.737. The number of piperidine rings is 1. The number of ether oxygens (including phenoxy) is 1. The molecule has 0 saturated carbocycles. The van der Waals surface area contributed by atoms with Gasteiger partial charge in [-0.3, -0.25) is 14.4 Å². The monoisotopic (exact) mass is 413 g/mol. The zero-order valence-electron chi connectivity index (χ0n) is 16.2. The van der Waals surface area contributed by atoms with Gasteiger partial charge in [0.1, 0.15) is 5.75 Å². The molecule has 1 aromatic heterocycles. The van der Waals surface area contributed by atoms with E-state index in [-0.39, 0.29) is 30.2 Å². The molecule has 0 bridgehead atoms. The van der Waals surface area contributed by atoms with E-state index in [1.807, 2.05) is 40.6 Å². The standard InChI is InChI=1S/C21H23N3O4S/c1-22-19(25)17-13-24(15-5-2-3-6-16(15)28-17)20(26)14-8-10-23(11-9-14)21(27)18-7-4-12-29-18/h2-7,12,14,17H,8-11,13H2,1H3,(H,22,25)/t17-/m0/s1. The smallest absolute Gasteiger partial charge is 0.263 e. The summed E-state index contributed by atoms with van der Waals surface area (Å²) >= 11 is 1.43. The molecule has 2 aliphatic rings. The Morgan fingerprint density at radius 1 is 1.10 bits per heavy atom. The molecule has 0 aliphatic carbocycles.